The number of ether oxygens (including phenoxy) is 3. The van der Waals surface area contributed by atoms with E-state index in [-0.39, 0.29) is 13.4 Å². The molecular weight excluding hydrogens is 517 g/mol. The predicted molar refractivity (Wildman–Crippen MR) is 151 cm³/mol. The van der Waals surface area contributed by atoms with Gasteiger partial charge in [0.05, 0.1) is 0 Å². The Kier molecular flexibility index (Phi) is 9.02. The van der Waals surface area contributed by atoms with Crippen molar-refractivity contribution in [3.05, 3.63) is 83.4 Å². The van der Waals surface area contributed by atoms with Gasteiger partial charge in [-0.3, -0.25) is 0 Å². The lowest BCUT2D eigenvalue weighted by Gasteiger charge is -2.20. The fourth-order valence-corrected chi connectivity index (χ4v) is 5.44. The highest BCUT2D eigenvalue weighted by Crippen LogP contribution is 2.40. The maximum atomic E-state index is 10.4. The zero-order valence-electron chi connectivity index (χ0n) is 22.0. The van der Waals surface area contributed by atoms with E-state index in [1.165, 1.54) is 12.8 Å². The minimum atomic E-state index is -2.49. The predicted octanol–water partition coefficient (Wildman–Crippen LogP) is 5.21. The number of aliphatic hydroxyl groups is 1. The maximum absolute atomic E-state index is 10.4. The molecule has 0 aliphatic carbocycles. The summed E-state index contributed by atoms with van der Waals surface area (Å²) in [5.41, 5.74) is 5.11. The monoisotopic (exact) mass is 551 g/mol. The third kappa shape index (κ3) is 6.90. The Labute approximate surface area is 230 Å². The first-order valence-electron chi connectivity index (χ1n) is 13.2. The molecule has 8 nitrogen and oxygen atoms in total. The van der Waals surface area contributed by atoms with Crippen LogP contribution in [0.2, 0.25) is 0 Å². The zero-order chi connectivity index (χ0) is 27.2. The Morgan fingerprint density at radius 1 is 0.872 bits per heavy atom. The quantitative estimate of drug-likeness (QED) is 0.221. The number of fused-ring (bicyclic) bond motifs is 1. The van der Waals surface area contributed by atoms with Crippen LogP contribution in [-0.2, 0) is 0 Å². The summed E-state index contributed by atoms with van der Waals surface area (Å²) in [5.74, 6) is 2.53. The Morgan fingerprint density at radius 3 is 2.13 bits per heavy atom. The van der Waals surface area contributed by atoms with Gasteiger partial charge in [0.1, 0.15) is 24.2 Å². The first kappa shape index (κ1) is 27.4. The molecule has 5 rings (SSSR count). The molecule has 3 aromatic rings. The standard InChI is InChI=1S/C30H34NO7P/c1-2-27(23-9-14-28-29(17-23)37-20-36-28)30(22-7-12-26(13-8-22)38-39(33)34)21-5-10-25(11-6-21)35-19-24(32)18-31-15-3-4-16-31/h5-14,17,24,32-34H,2-4,15-16,18-20H2,1H3/b30-27+. The minimum Gasteiger partial charge on any atom is -0.491 e. The van der Waals surface area contributed by atoms with Gasteiger partial charge in [0.2, 0.25) is 6.79 Å². The number of rotatable bonds is 11. The molecule has 1 fully saturated rings. The molecule has 3 N–H and O–H groups in total. The summed E-state index contributed by atoms with van der Waals surface area (Å²) in [5, 5.41) is 10.4. The van der Waals surface area contributed by atoms with Crippen LogP contribution in [0.1, 0.15) is 42.9 Å². The fraction of sp³-hybridized carbons (Fsp3) is 0.333. The van der Waals surface area contributed by atoms with Crippen LogP contribution >= 0.6 is 8.60 Å². The molecule has 2 aliphatic heterocycles. The molecular formula is C30H34NO7P. The smallest absolute Gasteiger partial charge is 0.391 e. The number of benzene rings is 3. The molecule has 0 saturated carbocycles. The summed E-state index contributed by atoms with van der Waals surface area (Å²) in [7, 11) is -2.49. The van der Waals surface area contributed by atoms with Crippen LogP contribution in [0.25, 0.3) is 11.1 Å². The molecule has 0 amide bonds. The average molecular weight is 552 g/mol. The van der Waals surface area contributed by atoms with Gasteiger partial charge in [-0.1, -0.05) is 37.3 Å². The van der Waals surface area contributed by atoms with Crippen molar-refractivity contribution in [2.45, 2.75) is 32.3 Å². The van der Waals surface area contributed by atoms with Gasteiger partial charge in [0.25, 0.3) is 0 Å². The van der Waals surface area contributed by atoms with Gasteiger partial charge in [-0.25, -0.2) is 0 Å². The van der Waals surface area contributed by atoms with E-state index in [9.17, 15) is 14.9 Å². The Bertz CT molecular complexity index is 1270. The van der Waals surface area contributed by atoms with Crippen LogP contribution in [0.4, 0.5) is 0 Å². The third-order valence-electron chi connectivity index (χ3n) is 6.96. The molecule has 2 heterocycles. The number of likely N-dealkylation sites (tertiary alicyclic amines) is 1. The number of hydrogen-bond donors (Lipinski definition) is 3. The summed E-state index contributed by atoms with van der Waals surface area (Å²) in [6.07, 6.45) is 2.61. The largest absolute Gasteiger partial charge is 0.491 e. The van der Waals surface area contributed by atoms with E-state index in [4.69, 9.17) is 18.7 Å². The highest BCUT2D eigenvalue weighted by Gasteiger charge is 2.19. The first-order valence-corrected chi connectivity index (χ1v) is 14.4. The zero-order valence-corrected chi connectivity index (χ0v) is 22.8. The van der Waals surface area contributed by atoms with Gasteiger partial charge >= 0.3 is 8.60 Å². The van der Waals surface area contributed by atoms with E-state index in [1.54, 1.807) is 12.1 Å². The second-order valence-electron chi connectivity index (χ2n) is 9.64. The second kappa shape index (κ2) is 12.8. The van der Waals surface area contributed by atoms with E-state index in [1.807, 2.05) is 54.6 Å². The van der Waals surface area contributed by atoms with E-state index >= 15 is 0 Å². The highest BCUT2D eigenvalue weighted by atomic mass is 31.2. The van der Waals surface area contributed by atoms with E-state index in [0.717, 1.165) is 58.8 Å². The van der Waals surface area contributed by atoms with Crippen LogP contribution in [-0.4, -0.2) is 58.9 Å². The number of nitrogens with zero attached hydrogens (tertiary/aromatic N) is 1. The molecule has 39 heavy (non-hydrogen) atoms. The molecule has 0 radical (unpaired) electrons. The third-order valence-corrected chi connectivity index (χ3v) is 7.33. The number of hydrogen-bond acceptors (Lipinski definition) is 8. The highest BCUT2D eigenvalue weighted by molar-refractivity contribution is 7.39. The van der Waals surface area contributed by atoms with Crippen molar-refractivity contribution in [1.82, 2.24) is 4.90 Å². The first-order chi connectivity index (χ1) is 19.0. The Morgan fingerprint density at radius 2 is 1.49 bits per heavy atom. The molecule has 0 bridgehead atoms. The van der Waals surface area contributed by atoms with Crippen LogP contribution < -0.4 is 18.7 Å². The molecule has 0 aromatic heterocycles. The van der Waals surface area contributed by atoms with Crippen molar-refractivity contribution in [2.75, 3.05) is 33.0 Å². The minimum absolute atomic E-state index is 0.213. The summed E-state index contributed by atoms with van der Waals surface area (Å²) >= 11 is 0. The van der Waals surface area contributed by atoms with Crippen molar-refractivity contribution in [3.63, 3.8) is 0 Å². The molecule has 3 aromatic carbocycles. The van der Waals surface area contributed by atoms with Gasteiger partial charge < -0.3 is 38.5 Å². The summed E-state index contributed by atoms with van der Waals surface area (Å²) in [6.45, 7) is 5.29. The van der Waals surface area contributed by atoms with Gasteiger partial charge in [-0.05, 0) is 96.6 Å². The lowest BCUT2D eigenvalue weighted by atomic mass is 9.88. The number of β-amino-alcohol motifs (C(OH)–C–C–N with tert-alkyl or cyclic N) is 1. The topological polar surface area (TPSA) is 101 Å². The van der Waals surface area contributed by atoms with Crippen molar-refractivity contribution in [1.29, 1.82) is 0 Å². The van der Waals surface area contributed by atoms with E-state index in [0.29, 0.717) is 18.0 Å². The molecule has 2 aliphatic rings. The van der Waals surface area contributed by atoms with E-state index in [2.05, 4.69) is 11.8 Å². The van der Waals surface area contributed by atoms with Gasteiger partial charge in [-0.15, -0.1) is 0 Å². The fourth-order valence-electron chi connectivity index (χ4n) is 5.13. The maximum Gasteiger partial charge on any atom is 0.391 e. The average Bonchev–Trinajstić information content (AvgIpc) is 3.63. The lowest BCUT2D eigenvalue weighted by molar-refractivity contribution is 0.0758. The summed E-state index contributed by atoms with van der Waals surface area (Å²) < 4.78 is 22.1. The molecule has 206 valence electrons. The Hall–Kier alpha value is -3.13. The van der Waals surface area contributed by atoms with Crippen LogP contribution in [0.5, 0.6) is 23.0 Å². The van der Waals surface area contributed by atoms with Crippen molar-refractivity contribution in [2.24, 2.45) is 0 Å². The summed E-state index contributed by atoms with van der Waals surface area (Å²) in [6, 6.07) is 21.1. The SMILES string of the molecule is CC/C(=C(/c1ccc(OCC(O)CN2CCCC2)cc1)c1ccc(OP(O)O)cc1)c1ccc2c(c1)OCO2. The van der Waals surface area contributed by atoms with E-state index < -0.39 is 14.7 Å². The van der Waals surface area contributed by atoms with Crippen molar-refractivity contribution < 1.29 is 33.6 Å². The number of aliphatic hydroxyl groups excluding tert-OH is 1. The molecule has 1 unspecified atom stereocenters. The second-order valence-corrected chi connectivity index (χ2v) is 10.3. The normalized spacial score (nSPS) is 16.3. The summed E-state index contributed by atoms with van der Waals surface area (Å²) in [4.78, 5) is 20.7. The van der Waals surface area contributed by atoms with Gasteiger partial charge in [0, 0.05) is 6.54 Å². The van der Waals surface area contributed by atoms with Gasteiger partial charge in [-0.2, -0.15) is 0 Å². The number of allylic oxidation sites excluding steroid dienone is 1. The van der Waals surface area contributed by atoms with Crippen LogP contribution in [0.3, 0.4) is 0 Å². The molecule has 9 heteroatoms. The molecule has 1 saturated heterocycles. The van der Waals surface area contributed by atoms with Crippen molar-refractivity contribution in [3.8, 4) is 23.0 Å². The lowest BCUT2D eigenvalue weighted by Crippen LogP contribution is -2.33. The molecule has 0 spiro atoms. The Balaban J connectivity index is 1.43. The van der Waals surface area contributed by atoms with Crippen LogP contribution in [0, 0.1) is 0 Å². The molecule has 1 atom stereocenters. The van der Waals surface area contributed by atoms with Crippen molar-refractivity contribution >= 4 is 19.7 Å². The van der Waals surface area contributed by atoms with Crippen LogP contribution in [0.15, 0.2) is 66.7 Å². The van der Waals surface area contributed by atoms with Gasteiger partial charge in [0.15, 0.2) is 11.5 Å².